The summed E-state index contributed by atoms with van der Waals surface area (Å²) in [7, 11) is 0. The molecule has 0 atom stereocenters. The summed E-state index contributed by atoms with van der Waals surface area (Å²) in [5.41, 5.74) is 0. The number of alkyl halides is 1. The van der Waals surface area contributed by atoms with Crippen LogP contribution in [0.1, 0.15) is 39.5 Å². The Labute approximate surface area is 119 Å². The summed E-state index contributed by atoms with van der Waals surface area (Å²) >= 11 is 6.11. The van der Waals surface area contributed by atoms with Crippen molar-refractivity contribution in [2.45, 2.75) is 51.0 Å². The highest BCUT2D eigenvalue weighted by Crippen LogP contribution is 2.27. The molecule has 0 aliphatic heterocycles. The van der Waals surface area contributed by atoms with Gasteiger partial charge >= 0.3 is 0 Å². The van der Waals surface area contributed by atoms with Gasteiger partial charge in [0.1, 0.15) is 0 Å². The van der Waals surface area contributed by atoms with Gasteiger partial charge in [0.15, 0.2) is 0 Å². The number of halogens is 1. The van der Waals surface area contributed by atoms with Crippen LogP contribution in [-0.4, -0.2) is 28.0 Å². The van der Waals surface area contributed by atoms with Crippen LogP contribution in [0.15, 0.2) is 12.3 Å². The van der Waals surface area contributed by atoms with Crippen molar-refractivity contribution in [1.29, 1.82) is 0 Å². The van der Waals surface area contributed by atoms with E-state index < -0.39 is 0 Å². The van der Waals surface area contributed by atoms with Gasteiger partial charge in [-0.3, -0.25) is 0 Å². The third-order valence-corrected chi connectivity index (χ3v) is 3.75. The zero-order valence-corrected chi connectivity index (χ0v) is 12.4. The smallest absolute Gasteiger partial charge is 0.225 e. The number of nitrogens with one attached hydrogen (secondary N) is 1. The second kappa shape index (κ2) is 6.94. The number of rotatable bonds is 5. The van der Waals surface area contributed by atoms with Crippen LogP contribution < -0.4 is 10.1 Å². The molecule has 4 nitrogen and oxygen atoms in total. The average molecular weight is 284 g/mol. The molecule has 1 saturated carbocycles. The van der Waals surface area contributed by atoms with E-state index in [0.717, 1.165) is 19.4 Å². The number of ether oxygens (including phenoxy) is 1. The van der Waals surface area contributed by atoms with Crippen LogP contribution in [0.3, 0.4) is 0 Å². The van der Waals surface area contributed by atoms with Gasteiger partial charge in [0, 0.05) is 24.2 Å². The van der Waals surface area contributed by atoms with Crippen LogP contribution in [0.2, 0.25) is 0 Å². The molecule has 0 radical (unpaired) electrons. The summed E-state index contributed by atoms with van der Waals surface area (Å²) in [6, 6.07) is 1.78. The predicted molar refractivity (Wildman–Crippen MR) is 77.9 cm³/mol. The fourth-order valence-corrected chi connectivity index (χ4v) is 2.55. The molecule has 1 aliphatic rings. The summed E-state index contributed by atoms with van der Waals surface area (Å²) < 4.78 is 5.55. The maximum atomic E-state index is 6.11. The molecular weight excluding hydrogens is 262 g/mol. The van der Waals surface area contributed by atoms with E-state index >= 15 is 0 Å². The second-order valence-electron chi connectivity index (χ2n) is 5.38. The Morgan fingerprint density at radius 2 is 2.11 bits per heavy atom. The average Bonchev–Trinajstić information content (AvgIpc) is 2.38. The van der Waals surface area contributed by atoms with Crippen molar-refractivity contribution in [2.75, 3.05) is 11.9 Å². The Balaban J connectivity index is 1.82. The SMILES string of the molecule is CC(C)Oc1ccnc(NCC2CCC(Cl)CC2)n1. The molecule has 19 heavy (non-hydrogen) atoms. The van der Waals surface area contributed by atoms with Crippen molar-refractivity contribution >= 4 is 17.5 Å². The molecule has 1 aliphatic carbocycles. The van der Waals surface area contributed by atoms with Crippen molar-refractivity contribution < 1.29 is 4.74 Å². The van der Waals surface area contributed by atoms with E-state index in [4.69, 9.17) is 16.3 Å². The highest BCUT2D eigenvalue weighted by molar-refractivity contribution is 6.20. The second-order valence-corrected chi connectivity index (χ2v) is 6.00. The first-order valence-electron chi connectivity index (χ1n) is 7.01. The van der Waals surface area contributed by atoms with E-state index in [1.165, 1.54) is 12.8 Å². The lowest BCUT2D eigenvalue weighted by Crippen LogP contribution is -2.22. The van der Waals surface area contributed by atoms with Gasteiger partial charge in [0.25, 0.3) is 0 Å². The fraction of sp³-hybridized carbons (Fsp3) is 0.714. The number of nitrogens with zero attached hydrogens (tertiary/aromatic N) is 2. The first-order chi connectivity index (χ1) is 9.13. The Morgan fingerprint density at radius 1 is 1.37 bits per heavy atom. The van der Waals surface area contributed by atoms with E-state index in [1.54, 1.807) is 12.3 Å². The molecule has 1 aromatic rings. The minimum Gasteiger partial charge on any atom is -0.475 e. The normalized spacial score (nSPS) is 23.4. The molecule has 5 heteroatoms. The summed E-state index contributed by atoms with van der Waals surface area (Å²) in [6.45, 7) is 4.88. The molecule has 0 unspecified atom stereocenters. The zero-order valence-electron chi connectivity index (χ0n) is 11.6. The predicted octanol–water partition coefficient (Wildman–Crippen LogP) is 3.47. The third kappa shape index (κ3) is 4.86. The number of hydrogen-bond donors (Lipinski definition) is 1. The molecular formula is C14H22ClN3O. The molecule has 106 valence electrons. The molecule has 1 N–H and O–H groups in total. The number of aromatic nitrogens is 2. The van der Waals surface area contributed by atoms with Gasteiger partial charge in [0.2, 0.25) is 11.8 Å². The lowest BCUT2D eigenvalue weighted by Gasteiger charge is -2.25. The first kappa shape index (κ1) is 14.4. The van der Waals surface area contributed by atoms with Crippen LogP contribution in [-0.2, 0) is 0 Å². The molecule has 2 rings (SSSR count). The molecule has 1 heterocycles. The van der Waals surface area contributed by atoms with Crippen LogP contribution in [0.4, 0.5) is 5.95 Å². The largest absolute Gasteiger partial charge is 0.475 e. The maximum Gasteiger partial charge on any atom is 0.225 e. The van der Waals surface area contributed by atoms with Crippen LogP contribution in [0.25, 0.3) is 0 Å². The van der Waals surface area contributed by atoms with E-state index in [9.17, 15) is 0 Å². The van der Waals surface area contributed by atoms with Crippen LogP contribution in [0.5, 0.6) is 5.88 Å². The van der Waals surface area contributed by atoms with Crippen molar-refractivity contribution in [3.05, 3.63) is 12.3 Å². The molecule has 0 spiro atoms. The summed E-state index contributed by atoms with van der Waals surface area (Å²) in [5.74, 6) is 1.94. The number of hydrogen-bond acceptors (Lipinski definition) is 4. The Morgan fingerprint density at radius 3 is 2.79 bits per heavy atom. The highest BCUT2D eigenvalue weighted by Gasteiger charge is 2.19. The highest BCUT2D eigenvalue weighted by atomic mass is 35.5. The Kier molecular flexibility index (Phi) is 5.25. The van der Waals surface area contributed by atoms with E-state index in [1.807, 2.05) is 13.8 Å². The van der Waals surface area contributed by atoms with Crippen LogP contribution in [0, 0.1) is 5.92 Å². The summed E-state index contributed by atoms with van der Waals surface area (Å²) in [4.78, 5) is 8.56. The fourth-order valence-electron chi connectivity index (χ4n) is 2.30. The summed E-state index contributed by atoms with van der Waals surface area (Å²) in [5, 5.41) is 3.67. The maximum absolute atomic E-state index is 6.11. The van der Waals surface area contributed by atoms with Gasteiger partial charge in [-0.1, -0.05) is 0 Å². The topological polar surface area (TPSA) is 47.0 Å². The van der Waals surface area contributed by atoms with Crippen molar-refractivity contribution in [3.8, 4) is 5.88 Å². The monoisotopic (exact) mass is 283 g/mol. The zero-order chi connectivity index (χ0) is 13.7. The van der Waals surface area contributed by atoms with E-state index in [0.29, 0.717) is 23.1 Å². The first-order valence-corrected chi connectivity index (χ1v) is 7.45. The van der Waals surface area contributed by atoms with Gasteiger partial charge in [0.05, 0.1) is 6.10 Å². The molecule has 0 amide bonds. The number of anilines is 1. The van der Waals surface area contributed by atoms with Gasteiger partial charge in [-0.05, 0) is 45.4 Å². The quantitative estimate of drug-likeness (QED) is 0.841. The summed E-state index contributed by atoms with van der Waals surface area (Å²) in [6.07, 6.45) is 6.45. The Bertz CT molecular complexity index is 392. The molecule has 1 fully saturated rings. The van der Waals surface area contributed by atoms with Crippen molar-refractivity contribution in [3.63, 3.8) is 0 Å². The van der Waals surface area contributed by atoms with Gasteiger partial charge in [-0.25, -0.2) is 4.98 Å². The standard InChI is InChI=1S/C14H22ClN3O/c1-10(2)19-13-7-8-16-14(18-13)17-9-11-3-5-12(15)6-4-11/h7-8,10-12H,3-6,9H2,1-2H3,(H,16,17,18). The van der Waals surface area contributed by atoms with Crippen molar-refractivity contribution in [1.82, 2.24) is 9.97 Å². The lowest BCUT2D eigenvalue weighted by atomic mass is 9.89. The molecule has 0 bridgehead atoms. The van der Waals surface area contributed by atoms with E-state index in [-0.39, 0.29) is 6.10 Å². The Hall–Kier alpha value is -1.03. The minimum absolute atomic E-state index is 0.127. The third-order valence-electron chi connectivity index (χ3n) is 3.31. The van der Waals surface area contributed by atoms with E-state index in [2.05, 4.69) is 15.3 Å². The lowest BCUT2D eigenvalue weighted by molar-refractivity contribution is 0.232. The van der Waals surface area contributed by atoms with Gasteiger partial charge in [-0.15, -0.1) is 11.6 Å². The molecule has 1 aromatic heterocycles. The van der Waals surface area contributed by atoms with Gasteiger partial charge < -0.3 is 10.1 Å². The van der Waals surface area contributed by atoms with Crippen LogP contribution >= 0.6 is 11.6 Å². The van der Waals surface area contributed by atoms with Gasteiger partial charge in [-0.2, -0.15) is 4.98 Å². The minimum atomic E-state index is 0.127. The molecule has 0 saturated heterocycles. The van der Waals surface area contributed by atoms with Crippen molar-refractivity contribution in [2.24, 2.45) is 5.92 Å². The molecule has 0 aromatic carbocycles.